The van der Waals surface area contributed by atoms with Crippen LogP contribution in [0.4, 0.5) is 5.69 Å². The SMILES string of the molecule is NC(=[NH2+])SCC(=O)Nc1ccccc1. The van der Waals surface area contributed by atoms with E-state index in [0.717, 1.165) is 17.4 Å². The highest BCUT2D eigenvalue weighted by Gasteiger charge is 2.04. The highest BCUT2D eigenvalue weighted by atomic mass is 32.2. The smallest absolute Gasteiger partial charge is 0.300 e. The van der Waals surface area contributed by atoms with Crippen molar-refractivity contribution in [2.45, 2.75) is 0 Å². The molecule has 0 fully saturated rings. The molecule has 1 rings (SSSR count). The van der Waals surface area contributed by atoms with Gasteiger partial charge in [-0.2, -0.15) is 0 Å². The van der Waals surface area contributed by atoms with Crippen LogP contribution in [0.15, 0.2) is 30.3 Å². The first-order chi connectivity index (χ1) is 6.68. The molecule has 0 aromatic heterocycles. The number of carbonyl (C=O) groups excluding carboxylic acids is 1. The van der Waals surface area contributed by atoms with Gasteiger partial charge in [0.25, 0.3) is 5.17 Å². The standard InChI is InChI=1S/C9H11N3OS/c10-9(11)14-6-8(13)12-7-4-2-1-3-5-7/h1-5H,6H2,(H3,10,11)(H,12,13)/p+1. The molecule has 1 aromatic carbocycles. The van der Waals surface area contributed by atoms with Crippen LogP contribution < -0.4 is 16.5 Å². The van der Waals surface area contributed by atoms with Crippen molar-refractivity contribution in [1.82, 2.24) is 0 Å². The lowest BCUT2D eigenvalue weighted by Gasteiger charge is -2.02. The van der Waals surface area contributed by atoms with Crippen molar-refractivity contribution in [3.05, 3.63) is 30.3 Å². The van der Waals surface area contributed by atoms with Crippen LogP contribution in [0.1, 0.15) is 0 Å². The molecular weight excluding hydrogens is 198 g/mol. The normalized spacial score (nSPS) is 9.43. The Balaban J connectivity index is 2.38. The van der Waals surface area contributed by atoms with E-state index < -0.39 is 0 Å². The largest absolute Gasteiger partial charge is 0.325 e. The van der Waals surface area contributed by atoms with E-state index >= 15 is 0 Å². The minimum Gasteiger partial charge on any atom is -0.325 e. The second kappa shape index (κ2) is 5.29. The molecule has 0 atom stereocenters. The first-order valence-corrected chi connectivity index (χ1v) is 5.02. The maximum absolute atomic E-state index is 11.3. The van der Waals surface area contributed by atoms with Crippen LogP contribution in [0.3, 0.4) is 0 Å². The van der Waals surface area contributed by atoms with Gasteiger partial charge >= 0.3 is 0 Å². The number of carbonyl (C=O) groups is 1. The molecule has 14 heavy (non-hydrogen) atoms. The van der Waals surface area contributed by atoms with Crippen LogP contribution in [0.25, 0.3) is 0 Å². The summed E-state index contributed by atoms with van der Waals surface area (Å²) < 4.78 is 0. The van der Waals surface area contributed by atoms with E-state index in [1.54, 1.807) is 0 Å². The van der Waals surface area contributed by atoms with Gasteiger partial charge in [0, 0.05) is 5.69 Å². The van der Waals surface area contributed by atoms with Crippen molar-refractivity contribution >= 4 is 28.5 Å². The van der Waals surface area contributed by atoms with Gasteiger partial charge in [0.2, 0.25) is 5.91 Å². The van der Waals surface area contributed by atoms with Crippen molar-refractivity contribution in [3.63, 3.8) is 0 Å². The van der Waals surface area contributed by atoms with Crippen LogP contribution >= 0.6 is 11.8 Å². The lowest BCUT2D eigenvalue weighted by atomic mass is 10.3. The Morgan fingerprint density at radius 1 is 1.43 bits per heavy atom. The zero-order chi connectivity index (χ0) is 10.4. The van der Waals surface area contributed by atoms with E-state index in [4.69, 9.17) is 11.1 Å². The molecule has 5 heteroatoms. The van der Waals surface area contributed by atoms with Gasteiger partial charge in [-0.1, -0.05) is 18.2 Å². The Morgan fingerprint density at radius 2 is 2.07 bits per heavy atom. The summed E-state index contributed by atoms with van der Waals surface area (Å²) in [5.74, 6) is 0.117. The first-order valence-electron chi connectivity index (χ1n) is 4.04. The molecule has 0 saturated heterocycles. The lowest BCUT2D eigenvalue weighted by Crippen LogP contribution is -2.43. The molecule has 0 saturated carbocycles. The van der Waals surface area contributed by atoms with Gasteiger partial charge in [0.1, 0.15) is 0 Å². The predicted molar refractivity (Wildman–Crippen MR) is 58.6 cm³/mol. The van der Waals surface area contributed by atoms with Crippen LogP contribution in [0.5, 0.6) is 0 Å². The lowest BCUT2D eigenvalue weighted by molar-refractivity contribution is -0.114. The molecule has 0 aliphatic heterocycles. The molecule has 0 heterocycles. The second-order valence-corrected chi connectivity index (χ2v) is 3.65. The predicted octanol–water partition coefficient (Wildman–Crippen LogP) is -0.568. The molecular formula is C9H12N3OS+. The van der Waals surface area contributed by atoms with Gasteiger partial charge < -0.3 is 5.32 Å². The minimum absolute atomic E-state index is 0.116. The second-order valence-electron chi connectivity index (χ2n) is 2.61. The third-order valence-electron chi connectivity index (χ3n) is 1.43. The average Bonchev–Trinajstić information content (AvgIpc) is 2.16. The van der Waals surface area contributed by atoms with Crippen LogP contribution in [0.2, 0.25) is 0 Å². The van der Waals surface area contributed by atoms with Gasteiger partial charge in [0.05, 0.1) is 5.75 Å². The fourth-order valence-electron chi connectivity index (χ4n) is 0.867. The number of nitrogens with one attached hydrogen (secondary N) is 1. The zero-order valence-electron chi connectivity index (χ0n) is 7.57. The van der Waals surface area contributed by atoms with Crippen molar-refractivity contribution in [2.75, 3.05) is 11.1 Å². The average molecular weight is 210 g/mol. The van der Waals surface area contributed by atoms with E-state index in [1.165, 1.54) is 0 Å². The molecule has 1 aromatic rings. The van der Waals surface area contributed by atoms with Crippen molar-refractivity contribution in [3.8, 4) is 0 Å². The van der Waals surface area contributed by atoms with E-state index in [-0.39, 0.29) is 16.8 Å². The van der Waals surface area contributed by atoms with E-state index in [2.05, 4.69) is 5.32 Å². The summed E-state index contributed by atoms with van der Waals surface area (Å²) in [6.07, 6.45) is 0. The van der Waals surface area contributed by atoms with Crippen LogP contribution in [0, 0.1) is 0 Å². The number of anilines is 1. The number of rotatable bonds is 3. The number of hydrogen-bond donors (Lipinski definition) is 3. The van der Waals surface area contributed by atoms with Gasteiger partial charge in [-0.3, -0.25) is 15.9 Å². The molecule has 0 bridgehead atoms. The van der Waals surface area contributed by atoms with Crippen molar-refractivity contribution in [1.29, 1.82) is 0 Å². The highest BCUT2D eigenvalue weighted by Crippen LogP contribution is 2.06. The number of thioether (sulfide) groups is 1. The third kappa shape index (κ3) is 3.95. The van der Waals surface area contributed by atoms with Crippen molar-refractivity contribution in [2.24, 2.45) is 5.73 Å². The molecule has 0 aliphatic carbocycles. The molecule has 5 N–H and O–H groups in total. The summed E-state index contributed by atoms with van der Waals surface area (Å²) in [6.45, 7) is 0. The number of nitrogens with two attached hydrogens (primary N) is 2. The fraction of sp³-hybridized carbons (Fsp3) is 0.111. The monoisotopic (exact) mass is 210 g/mol. The maximum atomic E-state index is 11.3. The summed E-state index contributed by atoms with van der Waals surface area (Å²) in [5, 5.41) is 8.13. The molecule has 0 spiro atoms. The number of hydrogen-bond acceptors (Lipinski definition) is 2. The Bertz CT molecular complexity index is 326. The third-order valence-corrected chi connectivity index (χ3v) is 2.17. The Labute approximate surface area is 86.4 Å². The van der Waals surface area contributed by atoms with Gasteiger partial charge in [-0.05, 0) is 23.9 Å². The molecule has 0 aliphatic rings. The summed E-state index contributed by atoms with van der Waals surface area (Å²) in [6, 6.07) is 9.23. The number of para-hydroxylation sites is 1. The fourth-order valence-corrected chi connectivity index (χ4v) is 1.24. The number of benzene rings is 1. The summed E-state index contributed by atoms with van der Waals surface area (Å²) in [4.78, 5) is 11.3. The highest BCUT2D eigenvalue weighted by molar-refractivity contribution is 8.14. The Kier molecular flexibility index (Phi) is 4.00. The summed E-state index contributed by atoms with van der Waals surface area (Å²) in [5.41, 5.74) is 5.98. The first kappa shape index (κ1) is 10.6. The van der Waals surface area contributed by atoms with E-state index in [0.29, 0.717) is 0 Å². The van der Waals surface area contributed by atoms with E-state index in [1.807, 2.05) is 30.3 Å². The van der Waals surface area contributed by atoms with Gasteiger partial charge in [0.15, 0.2) is 0 Å². The number of amidine groups is 1. The molecule has 74 valence electrons. The molecule has 0 radical (unpaired) electrons. The minimum atomic E-state index is -0.116. The summed E-state index contributed by atoms with van der Waals surface area (Å²) in [7, 11) is 0. The van der Waals surface area contributed by atoms with E-state index in [9.17, 15) is 4.79 Å². The number of amides is 1. The molecule has 1 amide bonds. The summed E-state index contributed by atoms with van der Waals surface area (Å²) >= 11 is 1.12. The molecule has 4 nitrogen and oxygen atoms in total. The zero-order valence-corrected chi connectivity index (χ0v) is 8.38. The van der Waals surface area contributed by atoms with Crippen LogP contribution in [-0.2, 0) is 4.79 Å². The Morgan fingerprint density at radius 3 is 2.64 bits per heavy atom. The molecule has 0 unspecified atom stereocenters. The van der Waals surface area contributed by atoms with Crippen molar-refractivity contribution < 1.29 is 10.2 Å². The maximum Gasteiger partial charge on any atom is 0.300 e. The van der Waals surface area contributed by atoms with Gasteiger partial charge in [-0.15, -0.1) is 0 Å². The Hall–Kier alpha value is -1.49. The topological polar surface area (TPSA) is 80.7 Å². The quantitative estimate of drug-likeness (QED) is 0.462. The van der Waals surface area contributed by atoms with Crippen LogP contribution in [-0.4, -0.2) is 16.8 Å². The van der Waals surface area contributed by atoms with Gasteiger partial charge in [-0.25, -0.2) is 0 Å².